The Hall–Kier alpha value is -0.710. The molecular formula is C13H20O3S. The molecule has 0 heterocycles. The van der Waals surface area contributed by atoms with Crippen LogP contribution in [-0.2, 0) is 4.74 Å². The Bertz CT molecular complexity index is 339. The van der Waals surface area contributed by atoms with Gasteiger partial charge in [0.15, 0.2) is 0 Å². The Morgan fingerprint density at radius 2 is 2.12 bits per heavy atom. The molecule has 0 bridgehead atoms. The van der Waals surface area contributed by atoms with Crippen molar-refractivity contribution in [2.24, 2.45) is 0 Å². The van der Waals surface area contributed by atoms with Crippen LogP contribution >= 0.6 is 11.8 Å². The Balaban J connectivity index is 2.76. The highest BCUT2D eigenvalue weighted by Crippen LogP contribution is 2.34. The molecule has 17 heavy (non-hydrogen) atoms. The molecule has 1 N–H and O–H groups in total. The first kappa shape index (κ1) is 14.4. The monoisotopic (exact) mass is 256 g/mol. The number of hydrogen-bond acceptors (Lipinski definition) is 4. The standard InChI is InChI=1S/C13H20O3S/c1-10(14)13-11(16-3)6-4-7-12(13)17-9-5-8-15-2/h4,6-7,10,14H,5,8-9H2,1-3H3/t10-/m0/s1. The zero-order valence-electron chi connectivity index (χ0n) is 10.6. The zero-order valence-corrected chi connectivity index (χ0v) is 11.4. The van der Waals surface area contributed by atoms with Crippen molar-refractivity contribution in [2.45, 2.75) is 24.3 Å². The molecule has 4 heteroatoms. The molecule has 0 aliphatic heterocycles. The Labute approximate surface area is 107 Å². The van der Waals surface area contributed by atoms with Crippen LogP contribution in [0.3, 0.4) is 0 Å². The van der Waals surface area contributed by atoms with E-state index < -0.39 is 6.10 Å². The van der Waals surface area contributed by atoms with Crippen LogP contribution in [0, 0.1) is 0 Å². The summed E-state index contributed by atoms with van der Waals surface area (Å²) in [4.78, 5) is 1.08. The predicted molar refractivity (Wildman–Crippen MR) is 70.8 cm³/mol. The summed E-state index contributed by atoms with van der Waals surface area (Å²) in [6.45, 7) is 2.53. The lowest BCUT2D eigenvalue weighted by atomic mass is 10.1. The van der Waals surface area contributed by atoms with Crippen molar-refractivity contribution >= 4 is 11.8 Å². The van der Waals surface area contributed by atoms with Crippen LogP contribution in [0.15, 0.2) is 23.1 Å². The van der Waals surface area contributed by atoms with Gasteiger partial charge in [0, 0.05) is 29.9 Å². The fourth-order valence-corrected chi connectivity index (χ4v) is 2.71. The van der Waals surface area contributed by atoms with Gasteiger partial charge in [-0.3, -0.25) is 0 Å². The first-order valence-electron chi connectivity index (χ1n) is 5.67. The molecule has 0 fully saturated rings. The number of methoxy groups -OCH3 is 2. The lowest BCUT2D eigenvalue weighted by Crippen LogP contribution is -1.99. The summed E-state index contributed by atoms with van der Waals surface area (Å²) in [5, 5.41) is 9.80. The van der Waals surface area contributed by atoms with E-state index in [1.807, 2.05) is 18.2 Å². The van der Waals surface area contributed by atoms with E-state index in [-0.39, 0.29) is 0 Å². The van der Waals surface area contributed by atoms with Gasteiger partial charge in [0.25, 0.3) is 0 Å². The SMILES string of the molecule is COCCCSc1cccc(OC)c1[C@H](C)O. The number of benzene rings is 1. The second kappa shape index (κ2) is 7.58. The van der Waals surface area contributed by atoms with Gasteiger partial charge in [0.2, 0.25) is 0 Å². The van der Waals surface area contributed by atoms with Crippen LogP contribution in [0.2, 0.25) is 0 Å². The van der Waals surface area contributed by atoms with Crippen molar-refractivity contribution in [1.82, 2.24) is 0 Å². The van der Waals surface area contributed by atoms with Crippen molar-refractivity contribution in [3.05, 3.63) is 23.8 Å². The van der Waals surface area contributed by atoms with Gasteiger partial charge in [-0.15, -0.1) is 11.8 Å². The van der Waals surface area contributed by atoms with Crippen LogP contribution in [0.25, 0.3) is 0 Å². The van der Waals surface area contributed by atoms with E-state index in [9.17, 15) is 5.11 Å². The molecule has 1 rings (SSSR count). The number of hydrogen-bond donors (Lipinski definition) is 1. The average molecular weight is 256 g/mol. The molecule has 0 spiro atoms. The lowest BCUT2D eigenvalue weighted by Gasteiger charge is -2.15. The molecule has 0 saturated carbocycles. The van der Waals surface area contributed by atoms with E-state index in [1.54, 1.807) is 32.9 Å². The number of thioether (sulfide) groups is 1. The van der Waals surface area contributed by atoms with Crippen molar-refractivity contribution < 1.29 is 14.6 Å². The van der Waals surface area contributed by atoms with Gasteiger partial charge in [0.05, 0.1) is 13.2 Å². The Morgan fingerprint density at radius 1 is 1.35 bits per heavy atom. The molecule has 3 nitrogen and oxygen atoms in total. The topological polar surface area (TPSA) is 38.7 Å². The highest BCUT2D eigenvalue weighted by atomic mass is 32.2. The predicted octanol–water partition coefficient (Wildman–Crippen LogP) is 2.88. The summed E-state index contributed by atoms with van der Waals surface area (Å²) in [6.07, 6.45) is 0.480. The third-order valence-electron chi connectivity index (χ3n) is 2.41. The number of aliphatic hydroxyl groups excluding tert-OH is 1. The number of rotatable bonds is 7. The highest BCUT2D eigenvalue weighted by molar-refractivity contribution is 7.99. The van der Waals surface area contributed by atoms with Crippen LogP contribution < -0.4 is 4.74 Å². The maximum absolute atomic E-state index is 9.80. The van der Waals surface area contributed by atoms with E-state index in [0.717, 1.165) is 35.0 Å². The fourth-order valence-electron chi connectivity index (χ4n) is 1.62. The van der Waals surface area contributed by atoms with E-state index in [4.69, 9.17) is 9.47 Å². The number of aliphatic hydroxyl groups is 1. The Morgan fingerprint density at radius 3 is 2.71 bits per heavy atom. The van der Waals surface area contributed by atoms with E-state index in [1.165, 1.54) is 0 Å². The van der Waals surface area contributed by atoms with Crippen molar-refractivity contribution in [3.8, 4) is 5.75 Å². The molecular weight excluding hydrogens is 236 g/mol. The van der Waals surface area contributed by atoms with Crippen LogP contribution in [0.1, 0.15) is 25.0 Å². The normalized spacial score (nSPS) is 12.5. The van der Waals surface area contributed by atoms with Crippen molar-refractivity contribution in [1.29, 1.82) is 0 Å². The largest absolute Gasteiger partial charge is 0.496 e. The zero-order chi connectivity index (χ0) is 12.7. The molecule has 0 amide bonds. The summed E-state index contributed by atoms with van der Waals surface area (Å²) in [5.74, 6) is 1.72. The van der Waals surface area contributed by atoms with Gasteiger partial charge >= 0.3 is 0 Å². The summed E-state index contributed by atoms with van der Waals surface area (Å²) in [7, 11) is 3.33. The summed E-state index contributed by atoms with van der Waals surface area (Å²) >= 11 is 1.72. The third kappa shape index (κ3) is 4.22. The quantitative estimate of drug-likeness (QED) is 0.601. The molecule has 1 aromatic carbocycles. The maximum Gasteiger partial charge on any atom is 0.125 e. The third-order valence-corrected chi connectivity index (χ3v) is 3.57. The summed E-state index contributed by atoms with van der Waals surface area (Å²) < 4.78 is 10.3. The highest BCUT2D eigenvalue weighted by Gasteiger charge is 2.13. The van der Waals surface area contributed by atoms with Crippen molar-refractivity contribution in [2.75, 3.05) is 26.6 Å². The molecule has 0 radical (unpaired) electrons. The van der Waals surface area contributed by atoms with E-state index in [2.05, 4.69) is 0 Å². The van der Waals surface area contributed by atoms with E-state index in [0.29, 0.717) is 0 Å². The van der Waals surface area contributed by atoms with Gasteiger partial charge in [-0.1, -0.05) is 6.07 Å². The van der Waals surface area contributed by atoms with Crippen molar-refractivity contribution in [3.63, 3.8) is 0 Å². The second-order valence-electron chi connectivity index (χ2n) is 3.74. The smallest absolute Gasteiger partial charge is 0.125 e. The van der Waals surface area contributed by atoms with Gasteiger partial charge in [-0.25, -0.2) is 0 Å². The van der Waals surface area contributed by atoms with Gasteiger partial charge in [-0.05, 0) is 25.5 Å². The summed E-state index contributed by atoms with van der Waals surface area (Å²) in [6, 6.07) is 5.84. The number of ether oxygens (including phenoxy) is 2. The summed E-state index contributed by atoms with van der Waals surface area (Å²) in [5.41, 5.74) is 0.873. The van der Waals surface area contributed by atoms with Crippen LogP contribution in [0.5, 0.6) is 5.75 Å². The van der Waals surface area contributed by atoms with E-state index >= 15 is 0 Å². The van der Waals surface area contributed by atoms with Crippen LogP contribution in [0.4, 0.5) is 0 Å². The van der Waals surface area contributed by atoms with Gasteiger partial charge < -0.3 is 14.6 Å². The fraction of sp³-hybridized carbons (Fsp3) is 0.538. The minimum atomic E-state index is -0.518. The molecule has 1 aromatic rings. The molecule has 0 aliphatic carbocycles. The molecule has 0 saturated heterocycles. The molecule has 1 atom stereocenters. The lowest BCUT2D eigenvalue weighted by molar-refractivity contribution is 0.191. The molecule has 0 unspecified atom stereocenters. The minimum absolute atomic E-state index is 0.518. The average Bonchev–Trinajstić information content (AvgIpc) is 2.33. The molecule has 96 valence electrons. The first-order valence-corrected chi connectivity index (χ1v) is 6.66. The molecule has 0 aromatic heterocycles. The van der Waals surface area contributed by atoms with Crippen LogP contribution in [-0.4, -0.2) is 31.7 Å². The van der Waals surface area contributed by atoms with Gasteiger partial charge in [-0.2, -0.15) is 0 Å². The molecule has 0 aliphatic rings. The maximum atomic E-state index is 9.80. The first-order chi connectivity index (χ1) is 8.20. The van der Waals surface area contributed by atoms with Gasteiger partial charge in [0.1, 0.15) is 5.75 Å². The minimum Gasteiger partial charge on any atom is -0.496 e. The second-order valence-corrected chi connectivity index (χ2v) is 4.88. The Kier molecular flexibility index (Phi) is 6.40.